The van der Waals surface area contributed by atoms with Gasteiger partial charge in [-0.2, -0.15) is 5.26 Å². The van der Waals surface area contributed by atoms with E-state index in [4.69, 9.17) is 10.00 Å². The number of nitro groups is 1. The third kappa shape index (κ3) is 4.70. The first kappa shape index (κ1) is 19.2. The number of nitriles is 1. The van der Waals surface area contributed by atoms with Crippen molar-refractivity contribution < 1.29 is 18.8 Å². The number of carbonyl (C=O) groups excluding carboxylic acids is 1. The molecule has 2 aromatic rings. The van der Waals surface area contributed by atoms with Gasteiger partial charge in [-0.3, -0.25) is 14.9 Å². The van der Waals surface area contributed by atoms with Crippen molar-refractivity contribution in [3.63, 3.8) is 0 Å². The monoisotopic (exact) mass is 375 g/mol. The summed E-state index contributed by atoms with van der Waals surface area (Å²) in [7, 11) is 0. The second kappa shape index (κ2) is 8.31. The number of anilines is 1. The van der Waals surface area contributed by atoms with Crippen molar-refractivity contribution in [1.82, 2.24) is 0 Å². The summed E-state index contributed by atoms with van der Waals surface area (Å²) in [5, 5.41) is 24.3. The summed E-state index contributed by atoms with van der Waals surface area (Å²) < 4.78 is 18.4. The van der Waals surface area contributed by atoms with Crippen LogP contribution >= 0.6 is 11.8 Å². The number of thiocyanates is 1. The van der Waals surface area contributed by atoms with Crippen molar-refractivity contribution in [2.24, 2.45) is 0 Å². The number of halogens is 1. The average Bonchev–Trinajstić information content (AvgIpc) is 2.56. The molecular formula is C17H14FN3O4S. The van der Waals surface area contributed by atoms with E-state index in [2.05, 4.69) is 5.32 Å². The van der Waals surface area contributed by atoms with E-state index < -0.39 is 28.9 Å². The lowest BCUT2D eigenvalue weighted by atomic mass is 10.1. The van der Waals surface area contributed by atoms with Gasteiger partial charge in [0.05, 0.1) is 4.92 Å². The van der Waals surface area contributed by atoms with Gasteiger partial charge < -0.3 is 10.1 Å². The molecule has 0 aliphatic carbocycles. The molecule has 0 atom stereocenters. The predicted molar refractivity (Wildman–Crippen MR) is 94.6 cm³/mol. The number of nitro benzene ring substituents is 1. The molecule has 2 aromatic carbocycles. The van der Waals surface area contributed by atoms with Gasteiger partial charge in [-0.1, -0.05) is 0 Å². The lowest BCUT2D eigenvalue weighted by molar-refractivity contribution is -0.385. The van der Waals surface area contributed by atoms with Crippen LogP contribution in [0.3, 0.4) is 0 Å². The minimum absolute atomic E-state index is 0.320. The van der Waals surface area contributed by atoms with Gasteiger partial charge in [0.1, 0.15) is 11.2 Å². The predicted octanol–water partition coefficient (Wildman–Crippen LogP) is 3.94. The van der Waals surface area contributed by atoms with Gasteiger partial charge in [0, 0.05) is 22.7 Å². The van der Waals surface area contributed by atoms with E-state index >= 15 is 0 Å². The van der Waals surface area contributed by atoms with E-state index in [0.29, 0.717) is 5.69 Å². The van der Waals surface area contributed by atoms with Crippen molar-refractivity contribution in [2.45, 2.75) is 18.7 Å². The molecule has 0 heterocycles. The smallest absolute Gasteiger partial charge is 0.311 e. The number of ether oxygens (including phenoxy) is 1. The maximum atomic E-state index is 13.3. The van der Waals surface area contributed by atoms with Gasteiger partial charge in [-0.25, -0.2) is 4.39 Å². The molecule has 26 heavy (non-hydrogen) atoms. The van der Waals surface area contributed by atoms with Gasteiger partial charge in [0.25, 0.3) is 5.91 Å². The molecule has 1 N–H and O–H groups in total. The van der Waals surface area contributed by atoms with E-state index in [1.165, 1.54) is 0 Å². The summed E-state index contributed by atoms with van der Waals surface area (Å²) in [5.41, 5.74) is 1.65. The molecule has 0 aromatic heterocycles. The Morgan fingerprint density at radius 3 is 2.58 bits per heavy atom. The number of thioether (sulfide) groups is 1. The van der Waals surface area contributed by atoms with Crippen molar-refractivity contribution in [3.8, 4) is 11.2 Å². The van der Waals surface area contributed by atoms with Gasteiger partial charge in [0.2, 0.25) is 5.75 Å². The summed E-state index contributed by atoms with van der Waals surface area (Å²) in [6.07, 6.45) is 0. The molecule has 134 valence electrons. The number of hydrogen-bond donors (Lipinski definition) is 1. The van der Waals surface area contributed by atoms with Crippen molar-refractivity contribution in [3.05, 3.63) is 57.4 Å². The molecule has 1 amide bonds. The number of nitrogens with one attached hydrogen (secondary N) is 1. The minimum Gasteiger partial charge on any atom is -0.477 e. The van der Waals surface area contributed by atoms with Crippen LogP contribution in [0.15, 0.2) is 35.2 Å². The highest BCUT2D eigenvalue weighted by atomic mass is 32.2. The molecule has 0 unspecified atom stereocenters. The van der Waals surface area contributed by atoms with Gasteiger partial charge in [-0.15, -0.1) is 0 Å². The Kier molecular flexibility index (Phi) is 6.14. The van der Waals surface area contributed by atoms with Crippen molar-refractivity contribution in [2.75, 3.05) is 11.9 Å². The van der Waals surface area contributed by atoms with E-state index in [9.17, 15) is 19.3 Å². The standard InChI is InChI=1S/C17H14FN3O4S/c1-10-5-13(26-9-19)6-11(2)17(10)20-16(22)8-25-15-7-12(18)3-4-14(15)21(23)24/h3-7H,8H2,1-2H3,(H,20,22). The van der Waals surface area contributed by atoms with Crippen molar-refractivity contribution in [1.29, 1.82) is 5.26 Å². The van der Waals surface area contributed by atoms with Crippen LogP contribution in [-0.4, -0.2) is 17.4 Å². The zero-order chi connectivity index (χ0) is 19.3. The van der Waals surface area contributed by atoms with Gasteiger partial charge in [0.15, 0.2) is 6.61 Å². The number of aryl methyl sites for hydroxylation is 2. The van der Waals surface area contributed by atoms with Crippen LogP contribution in [0.1, 0.15) is 11.1 Å². The normalized spacial score (nSPS) is 10.1. The molecule has 2 rings (SSSR count). The molecule has 7 nitrogen and oxygen atoms in total. The lowest BCUT2D eigenvalue weighted by Crippen LogP contribution is -2.21. The summed E-state index contributed by atoms with van der Waals surface area (Å²) in [5.74, 6) is -1.57. The van der Waals surface area contributed by atoms with Gasteiger partial charge >= 0.3 is 5.69 Å². The maximum Gasteiger partial charge on any atom is 0.311 e. The van der Waals surface area contributed by atoms with Crippen molar-refractivity contribution >= 4 is 29.0 Å². The minimum atomic E-state index is -0.716. The fourth-order valence-corrected chi connectivity index (χ4v) is 2.88. The number of amides is 1. The third-order valence-electron chi connectivity index (χ3n) is 3.41. The first-order chi connectivity index (χ1) is 12.3. The topological polar surface area (TPSA) is 105 Å². The molecule has 0 saturated heterocycles. The largest absolute Gasteiger partial charge is 0.477 e. The molecule has 9 heteroatoms. The molecule has 0 saturated carbocycles. The molecule has 0 fully saturated rings. The number of nitrogens with zero attached hydrogens (tertiary/aromatic N) is 2. The van der Waals surface area contributed by atoms with E-state index in [-0.39, 0.29) is 5.75 Å². The van der Waals surface area contributed by atoms with Gasteiger partial charge in [-0.05, 0) is 54.9 Å². The SMILES string of the molecule is Cc1cc(SC#N)cc(C)c1NC(=O)COc1cc(F)ccc1[N+](=O)[O-]. The maximum absolute atomic E-state index is 13.3. The molecule has 0 bridgehead atoms. The van der Waals surface area contributed by atoms with E-state index in [0.717, 1.165) is 46.0 Å². The summed E-state index contributed by atoms with van der Waals surface area (Å²) in [4.78, 5) is 23.1. The highest BCUT2D eigenvalue weighted by molar-refractivity contribution is 8.03. The van der Waals surface area contributed by atoms with E-state index in [1.54, 1.807) is 26.0 Å². The quantitative estimate of drug-likeness (QED) is 0.355. The number of carbonyl (C=O) groups is 1. The van der Waals surface area contributed by atoms with Crippen LogP contribution < -0.4 is 10.1 Å². The highest BCUT2D eigenvalue weighted by Gasteiger charge is 2.17. The number of hydrogen-bond acceptors (Lipinski definition) is 6. The zero-order valence-corrected chi connectivity index (χ0v) is 14.7. The molecule has 0 aliphatic rings. The average molecular weight is 375 g/mol. The summed E-state index contributed by atoms with van der Waals surface area (Å²) in [6.45, 7) is 3.04. The first-order valence-electron chi connectivity index (χ1n) is 7.35. The summed E-state index contributed by atoms with van der Waals surface area (Å²) in [6, 6.07) is 6.29. The van der Waals surface area contributed by atoms with Crippen LogP contribution in [-0.2, 0) is 4.79 Å². The molecule has 0 aliphatic heterocycles. The Hall–Kier alpha value is -3.12. The molecule has 0 spiro atoms. The Morgan fingerprint density at radius 1 is 1.35 bits per heavy atom. The lowest BCUT2D eigenvalue weighted by Gasteiger charge is -2.13. The Bertz CT molecular complexity index is 888. The fraction of sp³-hybridized carbons (Fsp3) is 0.176. The number of rotatable bonds is 6. The van der Waals surface area contributed by atoms with Crippen LogP contribution in [0.25, 0.3) is 0 Å². The van der Waals surface area contributed by atoms with Crippen LogP contribution in [0.4, 0.5) is 15.8 Å². The van der Waals surface area contributed by atoms with Crippen LogP contribution in [0, 0.1) is 40.4 Å². The zero-order valence-electron chi connectivity index (χ0n) is 13.9. The summed E-state index contributed by atoms with van der Waals surface area (Å²) >= 11 is 1.01. The molecular weight excluding hydrogens is 361 g/mol. The van der Waals surface area contributed by atoms with E-state index in [1.807, 2.05) is 5.40 Å². The third-order valence-corrected chi connectivity index (χ3v) is 3.97. The van der Waals surface area contributed by atoms with Crippen LogP contribution in [0.5, 0.6) is 5.75 Å². The first-order valence-corrected chi connectivity index (χ1v) is 8.17. The number of benzene rings is 2. The Balaban J connectivity index is 2.10. The van der Waals surface area contributed by atoms with Crippen LogP contribution in [0.2, 0.25) is 0 Å². The molecule has 0 radical (unpaired) electrons. The highest BCUT2D eigenvalue weighted by Crippen LogP contribution is 2.29. The second-order valence-electron chi connectivity index (χ2n) is 5.33. The Morgan fingerprint density at radius 2 is 2.00 bits per heavy atom. The fourth-order valence-electron chi connectivity index (χ4n) is 2.31. The second-order valence-corrected chi connectivity index (χ2v) is 6.19. The Labute approximate surface area is 152 Å².